The zero-order valence-corrected chi connectivity index (χ0v) is 27.9. The molecule has 2 saturated heterocycles. The molecule has 2 aliphatic heterocycles. The van der Waals surface area contributed by atoms with Crippen molar-refractivity contribution >= 4 is 51.9 Å². The van der Waals surface area contributed by atoms with Crippen molar-refractivity contribution in [1.29, 1.82) is 0 Å². The van der Waals surface area contributed by atoms with Crippen LogP contribution in [0.25, 0.3) is 5.65 Å². The van der Waals surface area contributed by atoms with E-state index in [1.165, 1.54) is 17.1 Å². The van der Waals surface area contributed by atoms with E-state index < -0.39 is 22.9 Å². The monoisotopic (exact) mass is 646 g/mol. The summed E-state index contributed by atoms with van der Waals surface area (Å²) in [7, 11) is 3.41. The lowest BCUT2D eigenvalue weighted by atomic mass is 9.98. The van der Waals surface area contributed by atoms with E-state index in [9.17, 15) is 13.8 Å². The summed E-state index contributed by atoms with van der Waals surface area (Å²) in [4.78, 5) is 33.0. The van der Waals surface area contributed by atoms with Crippen LogP contribution in [0.4, 0.5) is 16.3 Å². The van der Waals surface area contributed by atoms with Crippen LogP contribution in [0.5, 0.6) is 0 Å². The molecule has 14 heteroatoms. The molecule has 4 heterocycles. The number of anilines is 2. The first-order chi connectivity index (χ1) is 20.7. The highest BCUT2D eigenvalue weighted by atomic mass is 35.5. The van der Waals surface area contributed by atoms with Gasteiger partial charge in [-0.2, -0.15) is 5.10 Å². The molecule has 2 unspecified atom stereocenters. The van der Waals surface area contributed by atoms with E-state index in [2.05, 4.69) is 21.3 Å². The fourth-order valence-corrected chi connectivity index (χ4v) is 6.06. The molecule has 0 bridgehead atoms. The number of likely N-dealkylation sites (tertiary alicyclic amines) is 1. The van der Waals surface area contributed by atoms with Gasteiger partial charge in [0.05, 0.1) is 23.0 Å². The standard InChI is InChI=1S/C25H32ClN7O2S.C5H11NO2/c1-17-16-33-23(27-24(17)31-11-6-7-12-31)15-21(28-33)22-8-4-5-13-32(22)25(34)19-14-18(26)9-10-20(19)29-36(35)30(2)3;1-5(2,3)8-4(6)7/h9-10,14-16,22,29H,4-8,11-13H2,1-3H3;1-3H3,(H2,6,7). The minimum absolute atomic E-state index is 0.153. The first-order valence-corrected chi connectivity index (χ1v) is 16.3. The van der Waals surface area contributed by atoms with Gasteiger partial charge in [0.15, 0.2) is 16.8 Å². The minimum atomic E-state index is -1.48. The lowest BCUT2D eigenvalue weighted by Crippen LogP contribution is -2.39. The molecule has 3 aromatic rings. The van der Waals surface area contributed by atoms with Crippen molar-refractivity contribution < 1.29 is 18.5 Å². The summed E-state index contributed by atoms with van der Waals surface area (Å²) >= 11 is 4.80. The van der Waals surface area contributed by atoms with Crippen LogP contribution in [0.3, 0.4) is 0 Å². The molecule has 2 aromatic heterocycles. The summed E-state index contributed by atoms with van der Waals surface area (Å²) in [5, 5.41) is 5.30. The second-order valence-corrected chi connectivity index (χ2v) is 14.1. The Morgan fingerprint density at radius 3 is 2.41 bits per heavy atom. The van der Waals surface area contributed by atoms with Crippen molar-refractivity contribution in [2.45, 2.75) is 71.4 Å². The fraction of sp³-hybridized carbons (Fsp3) is 0.533. The van der Waals surface area contributed by atoms with E-state index >= 15 is 0 Å². The zero-order chi connectivity index (χ0) is 32.2. The fourth-order valence-electron chi connectivity index (χ4n) is 5.34. The first kappa shape index (κ1) is 33.5. The van der Waals surface area contributed by atoms with Gasteiger partial charge in [0.25, 0.3) is 5.91 Å². The van der Waals surface area contributed by atoms with Crippen LogP contribution in [-0.2, 0) is 15.9 Å². The Morgan fingerprint density at radius 2 is 1.80 bits per heavy atom. The van der Waals surface area contributed by atoms with Gasteiger partial charge in [-0.25, -0.2) is 22.8 Å². The first-order valence-electron chi connectivity index (χ1n) is 14.8. The molecule has 1 aromatic carbocycles. The van der Waals surface area contributed by atoms with Gasteiger partial charge in [0.2, 0.25) is 0 Å². The molecule has 0 spiro atoms. The average Bonchev–Trinajstić information content (AvgIpc) is 3.62. The van der Waals surface area contributed by atoms with E-state index in [0.717, 1.165) is 55.1 Å². The van der Waals surface area contributed by atoms with E-state index in [-0.39, 0.29) is 11.9 Å². The summed E-state index contributed by atoms with van der Waals surface area (Å²) in [5.74, 6) is 0.867. The molecule has 2 amide bonds. The smallest absolute Gasteiger partial charge is 0.405 e. The maximum atomic E-state index is 13.9. The molecule has 0 saturated carbocycles. The van der Waals surface area contributed by atoms with Crippen molar-refractivity contribution in [3.8, 4) is 0 Å². The summed E-state index contributed by atoms with van der Waals surface area (Å²) in [6.45, 7) is 10.0. The predicted octanol–water partition coefficient (Wildman–Crippen LogP) is 5.09. The van der Waals surface area contributed by atoms with Crippen LogP contribution in [0.2, 0.25) is 5.02 Å². The third-order valence-corrected chi connectivity index (χ3v) is 8.58. The van der Waals surface area contributed by atoms with Crippen molar-refractivity contribution in [3.05, 3.63) is 52.3 Å². The number of nitrogens with one attached hydrogen (secondary N) is 1. The highest BCUT2D eigenvalue weighted by Crippen LogP contribution is 2.34. The molecule has 5 rings (SSSR count). The van der Waals surface area contributed by atoms with Gasteiger partial charge < -0.3 is 20.3 Å². The Kier molecular flexibility index (Phi) is 10.7. The normalized spacial score (nSPS) is 17.8. The van der Waals surface area contributed by atoms with E-state index in [1.54, 1.807) is 53.1 Å². The second kappa shape index (κ2) is 14.1. The molecular formula is C30H43ClN8O4S. The molecule has 2 fully saturated rings. The Hall–Kier alpha value is -3.42. The molecule has 0 aliphatic carbocycles. The van der Waals surface area contributed by atoms with Gasteiger partial charge in [0.1, 0.15) is 11.4 Å². The Morgan fingerprint density at radius 1 is 1.11 bits per heavy atom. The number of carbonyl (C=O) groups excluding carboxylic acids is 2. The van der Waals surface area contributed by atoms with Gasteiger partial charge in [0, 0.05) is 56.6 Å². The zero-order valence-electron chi connectivity index (χ0n) is 26.3. The number of ether oxygens (including phenoxy) is 1. The highest BCUT2D eigenvalue weighted by molar-refractivity contribution is 7.84. The van der Waals surface area contributed by atoms with E-state index in [1.807, 2.05) is 21.7 Å². The van der Waals surface area contributed by atoms with E-state index in [0.29, 0.717) is 22.8 Å². The molecule has 12 nitrogen and oxygen atoms in total. The maximum absolute atomic E-state index is 13.9. The number of hydrogen-bond acceptors (Lipinski definition) is 7. The lowest BCUT2D eigenvalue weighted by Gasteiger charge is -2.35. The second-order valence-electron chi connectivity index (χ2n) is 12.2. The van der Waals surface area contributed by atoms with Crippen LogP contribution in [-0.4, -0.2) is 79.3 Å². The van der Waals surface area contributed by atoms with Gasteiger partial charge in [-0.05, 0) is 78.0 Å². The summed E-state index contributed by atoms with van der Waals surface area (Å²) < 4.78 is 23.3. The summed E-state index contributed by atoms with van der Waals surface area (Å²) in [5.41, 5.74) is 7.88. The van der Waals surface area contributed by atoms with Crippen molar-refractivity contribution in [2.75, 3.05) is 43.4 Å². The van der Waals surface area contributed by atoms with Crippen LogP contribution >= 0.6 is 11.6 Å². The molecule has 2 aliphatic rings. The molecular weight excluding hydrogens is 604 g/mol. The number of nitrogens with two attached hydrogens (primary N) is 1. The van der Waals surface area contributed by atoms with Gasteiger partial charge in [-0.15, -0.1) is 0 Å². The number of piperidine rings is 1. The highest BCUT2D eigenvalue weighted by Gasteiger charge is 2.32. The van der Waals surface area contributed by atoms with Crippen molar-refractivity contribution in [1.82, 2.24) is 23.8 Å². The number of primary amides is 1. The van der Waals surface area contributed by atoms with Crippen LogP contribution in [0, 0.1) is 6.92 Å². The third-order valence-electron chi connectivity index (χ3n) is 7.28. The Balaban J connectivity index is 0.000000488. The predicted molar refractivity (Wildman–Crippen MR) is 174 cm³/mol. The number of rotatable bonds is 6. The van der Waals surface area contributed by atoms with Crippen LogP contribution in [0.1, 0.15) is 80.5 Å². The summed E-state index contributed by atoms with van der Waals surface area (Å²) in [6.07, 6.45) is 6.44. The number of aromatic nitrogens is 3. The Labute approximate surface area is 266 Å². The molecule has 0 radical (unpaired) electrons. The number of halogens is 1. The average molecular weight is 647 g/mol. The lowest BCUT2D eigenvalue weighted by molar-refractivity contribution is 0.0593. The van der Waals surface area contributed by atoms with Crippen LogP contribution < -0.4 is 15.4 Å². The molecule has 44 heavy (non-hydrogen) atoms. The maximum Gasteiger partial charge on any atom is 0.405 e. The number of benzene rings is 1. The number of amides is 2. The molecule has 3 N–H and O–H groups in total. The number of aryl methyl sites for hydroxylation is 1. The van der Waals surface area contributed by atoms with Crippen molar-refractivity contribution in [3.63, 3.8) is 0 Å². The number of nitrogens with zero attached hydrogens (tertiary/aromatic N) is 6. The number of fused-ring (bicyclic) bond motifs is 1. The number of carbonyl (C=O) groups is 2. The van der Waals surface area contributed by atoms with Crippen LogP contribution in [0.15, 0.2) is 30.5 Å². The molecule has 2 atom stereocenters. The topological polar surface area (TPSA) is 138 Å². The van der Waals surface area contributed by atoms with Crippen molar-refractivity contribution in [2.24, 2.45) is 5.73 Å². The molecule has 240 valence electrons. The Bertz CT molecular complexity index is 1520. The van der Waals surface area contributed by atoms with Gasteiger partial charge >= 0.3 is 6.09 Å². The SMILES string of the molecule is CC(C)(C)OC(N)=O.Cc1cn2nc(C3CCCCN3C(=O)c3cc(Cl)ccc3NS(=O)N(C)C)cc2nc1N1CCCC1. The largest absolute Gasteiger partial charge is 0.444 e. The number of hydrogen-bond donors (Lipinski definition) is 2. The van der Waals surface area contributed by atoms with Gasteiger partial charge in [-0.3, -0.25) is 9.52 Å². The third kappa shape index (κ3) is 8.39. The van der Waals surface area contributed by atoms with E-state index in [4.69, 9.17) is 27.4 Å². The van der Waals surface area contributed by atoms with Gasteiger partial charge in [-0.1, -0.05) is 11.6 Å². The minimum Gasteiger partial charge on any atom is -0.444 e. The summed E-state index contributed by atoms with van der Waals surface area (Å²) in [6, 6.07) is 6.87. The quantitative estimate of drug-likeness (QED) is 0.380.